The van der Waals surface area contributed by atoms with Crippen LogP contribution < -0.4 is 5.73 Å². The number of rotatable bonds is 3. The molecule has 0 radical (unpaired) electrons. The van der Waals surface area contributed by atoms with Gasteiger partial charge in [0.05, 0.1) is 6.61 Å². The Kier molecular flexibility index (Phi) is 4.19. The zero-order valence-electron chi connectivity index (χ0n) is 10.3. The van der Waals surface area contributed by atoms with Gasteiger partial charge in [-0.3, -0.25) is 0 Å². The van der Waals surface area contributed by atoms with Crippen molar-refractivity contribution >= 4 is 0 Å². The lowest BCUT2D eigenvalue weighted by Crippen LogP contribution is -2.54. The van der Waals surface area contributed by atoms with Crippen LogP contribution in [-0.4, -0.2) is 66.8 Å². The van der Waals surface area contributed by atoms with Gasteiger partial charge in [0.1, 0.15) is 0 Å². The van der Waals surface area contributed by atoms with Crippen LogP contribution in [0.3, 0.4) is 0 Å². The van der Waals surface area contributed by atoms with Gasteiger partial charge in [0.2, 0.25) is 0 Å². The van der Waals surface area contributed by atoms with Gasteiger partial charge in [-0.1, -0.05) is 0 Å². The average molecular weight is 227 g/mol. The molecule has 2 fully saturated rings. The first kappa shape index (κ1) is 12.3. The minimum atomic E-state index is -0.0714. The second kappa shape index (κ2) is 5.45. The third-order valence-electron chi connectivity index (χ3n) is 4.16. The molecule has 4 nitrogen and oxygen atoms in total. The summed E-state index contributed by atoms with van der Waals surface area (Å²) in [6.07, 6.45) is 3.96. The smallest absolute Gasteiger partial charge is 0.0595 e. The van der Waals surface area contributed by atoms with E-state index in [4.69, 9.17) is 10.8 Å². The molecule has 3 unspecified atom stereocenters. The number of fused-ring (bicyclic) bond motifs is 1. The van der Waals surface area contributed by atoms with E-state index in [1.165, 1.54) is 32.4 Å². The van der Waals surface area contributed by atoms with Crippen LogP contribution in [-0.2, 0) is 0 Å². The van der Waals surface area contributed by atoms with Crippen molar-refractivity contribution in [1.29, 1.82) is 0 Å². The number of aliphatic hydroxyl groups is 1. The molecule has 0 aromatic rings. The van der Waals surface area contributed by atoms with Gasteiger partial charge in [-0.25, -0.2) is 0 Å². The molecule has 0 aromatic carbocycles. The third-order valence-corrected chi connectivity index (χ3v) is 4.16. The number of piperidine rings is 2. The van der Waals surface area contributed by atoms with Crippen LogP contribution in [0.25, 0.3) is 0 Å². The van der Waals surface area contributed by atoms with E-state index in [0.29, 0.717) is 0 Å². The first-order chi connectivity index (χ1) is 7.70. The number of aliphatic hydroxyl groups excluding tert-OH is 1. The minimum absolute atomic E-state index is 0.0714. The highest BCUT2D eigenvalue weighted by Crippen LogP contribution is 2.29. The molecule has 2 saturated heterocycles. The van der Waals surface area contributed by atoms with E-state index in [0.717, 1.165) is 25.0 Å². The van der Waals surface area contributed by atoms with Crippen LogP contribution in [0.15, 0.2) is 0 Å². The summed E-state index contributed by atoms with van der Waals surface area (Å²) < 4.78 is 0. The highest BCUT2D eigenvalue weighted by Gasteiger charge is 2.34. The third kappa shape index (κ3) is 2.74. The van der Waals surface area contributed by atoms with E-state index < -0.39 is 0 Å². The fourth-order valence-corrected chi connectivity index (χ4v) is 3.28. The summed E-state index contributed by atoms with van der Waals surface area (Å²) in [7, 11) is 2.26. The van der Waals surface area contributed by atoms with Crippen molar-refractivity contribution in [3.63, 3.8) is 0 Å². The molecule has 2 aliphatic heterocycles. The van der Waals surface area contributed by atoms with Crippen molar-refractivity contribution in [2.24, 2.45) is 11.7 Å². The Balaban J connectivity index is 1.85. The fraction of sp³-hybridized carbons (Fsp3) is 1.00. The monoisotopic (exact) mass is 227 g/mol. The van der Waals surface area contributed by atoms with Crippen LogP contribution in [0.5, 0.6) is 0 Å². The summed E-state index contributed by atoms with van der Waals surface area (Å²) in [6, 6.07) is 0.716. The number of nitrogens with two attached hydrogens (primary N) is 1. The number of nitrogens with zero attached hydrogens (tertiary/aromatic N) is 2. The molecule has 0 bridgehead atoms. The molecule has 0 amide bonds. The molecular weight excluding hydrogens is 202 g/mol. The zero-order valence-corrected chi connectivity index (χ0v) is 10.3. The molecule has 4 heteroatoms. The van der Waals surface area contributed by atoms with Crippen LogP contribution in [0.1, 0.15) is 19.3 Å². The van der Waals surface area contributed by atoms with Crippen molar-refractivity contribution in [2.45, 2.75) is 31.3 Å². The number of hydrogen-bond donors (Lipinski definition) is 2. The first-order valence-electron chi connectivity index (χ1n) is 6.49. The lowest BCUT2D eigenvalue weighted by Gasteiger charge is -2.46. The molecule has 0 aliphatic carbocycles. The maximum atomic E-state index is 8.98. The highest BCUT2D eigenvalue weighted by atomic mass is 16.3. The number of hydrogen-bond acceptors (Lipinski definition) is 4. The Morgan fingerprint density at radius 3 is 2.94 bits per heavy atom. The maximum absolute atomic E-state index is 8.98. The van der Waals surface area contributed by atoms with Gasteiger partial charge in [-0.15, -0.1) is 0 Å². The molecule has 3 atom stereocenters. The second-order valence-corrected chi connectivity index (χ2v) is 5.44. The molecular formula is C12H25N3O. The predicted octanol–water partition coefficient (Wildman–Crippen LogP) is -0.278. The van der Waals surface area contributed by atoms with Crippen LogP contribution in [0, 0.1) is 5.92 Å². The molecule has 3 N–H and O–H groups in total. The van der Waals surface area contributed by atoms with Gasteiger partial charge in [0, 0.05) is 25.2 Å². The summed E-state index contributed by atoms with van der Waals surface area (Å²) in [5.41, 5.74) is 5.80. The van der Waals surface area contributed by atoms with Gasteiger partial charge in [-0.2, -0.15) is 0 Å². The maximum Gasteiger partial charge on any atom is 0.0595 e. The van der Waals surface area contributed by atoms with Crippen molar-refractivity contribution in [3.8, 4) is 0 Å². The van der Waals surface area contributed by atoms with Crippen LogP contribution >= 0.6 is 0 Å². The summed E-state index contributed by atoms with van der Waals surface area (Å²) in [5, 5.41) is 8.98. The van der Waals surface area contributed by atoms with Gasteiger partial charge in [0.25, 0.3) is 0 Å². The number of likely N-dealkylation sites (tertiary alicyclic amines) is 2. The van der Waals surface area contributed by atoms with Crippen LogP contribution in [0.2, 0.25) is 0 Å². The van der Waals surface area contributed by atoms with E-state index in [9.17, 15) is 0 Å². The Bertz CT molecular complexity index is 224. The summed E-state index contributed by atoms with van der Waals surface area (Å²) in [4.78, 5) is 4.96. The lowest BCUT2D eigenvalue weighted by atomic mass is 9.84. The van der Waals surface area contributed by atoms with Crippen LogP contribution in [0.4, 0.5) is 0 Å². The van der Waals surface area contributed by atoms with Crippen molar-refractivity contribution in [1.82, 2.24) is 9.80 Å². The average Bonchev–Trinajstić information content (AvgIpc) is 2.29. The Morgan fingerprint density at radius 1 is 1.38 bits per heavy atom. The quantitative estimate of drug-likeness (QED) is 0.696. The van der Waals surface area contributed by atoms with E-state index in [1.807, 2.05) is 0 Å². The summed E-state index contributed by atoms with van der Waals surface area (Å²) in [5.74, 6) is 0.818. The van der Waals surface area contributed by atoms with E-state index in [-0.39, 0.29) is 12.6 Å². The SMILES string of the molecule is CN1CCCC2CN(CC(N)CO)CCC21. The van der Waals surface area contributed by atoms with Crippen molar-refractivity contribution in [3.05, 3.63) is 0 Å². The Hall–Kier alpha value is -0.160. The van der Waals surface area contributed by atoms with Crippen molar-refractivity contribution < 1.29 is 5.11 Å². The zero-order chi connectivity index (χ0) is 11.5. The van der Waals surface area contributed by atoms with Gasteiger partial charge < -0.3 is 20.6 Å². The van der Waals surface area contributed by atoms with E-state index in [2.05, 4.69) is 16.8 Å². The predicted molar refractivity (Wildman–Crippen MR) is 65.3 cm³/mol. The largest absolute Gasteiger partial charge is 0.395 e. The van der Waals surface area contributed by atoms with Gasteiger partial charge in [0.15, 0.2) is 0 Å². The molecule has 94 valence electrons. The molecule has 2 heterocycles. The molecule has 0 aromatic heterocycles. The standard InChI is InChI=1S/C12H25N3O/c1-14-5-2-3-10-7-15(6-4-12(10)14)8-11(13)9-16/h10-12,16H,2-9,13H2,1H3. The molecule has 0 saturated carbocycles. The van der Waals surface area contributed by atoms with E-state index >= 15 is 0 Å². The molecule has 0 spiro atoms. The Labute approximate surface area is 98.4 Å². The fourth-order valence-electron chi connectivity index (χ4n) is 3.28. The normalized spacial score (nSPS) is 34.7. The Morgan fingerprint density at radius 2 is 2.19 bits per heavy atom. The minimum Gasteiger partial charge on any atom is -0.395 e. The molecule has 2 rings (SSSR count). The van der Waals surface area contributed by atoms with E-state index in [1.54, 1.807) is 0 Å². The summed E-state index contributed by atoms with van der Waals surface area (Å²) in [6.45, 7) is 4.52. The first-order valence-corrected chi connectivity index (χ1v) is 6.49. The highest BCUT2D eigenvalue weighted by molar-refractivity contribution is 4.89. The van der Waals surface area contributed by atoms with Gasteiger partial charge >= 0.3 is 0 Å². The summed E-state index contributed by atoms with van der Waals surface area (Å²) >= 11 is 0. The topological polar surface area (TPSA) is 52.7 Å². The van der Waals surface area contributed by atoms with Gasteiger partial charge in [-0.05, 0) is 45.3 Å². The second-order valence-electron chi connectivity index (χ2n) is 5.44. The lowest BCUT2D eigenvalue weighted by molar-refractivity contribution is 0.0339. The molecule has 2 aliphatic rings. The molecule has 16 heavy (non-hydrogen) atoms. The van der Waals surface area contributed by atoms with Crippen molar-refractivity contribution in [2.75, 3.05) is 39.8 Å².